The highest BCUT2D eigenvalue weighted by atomic mass is 16.5. The van der Waals surface area contributed by atoms with Crippen LogP contribution >= 0.6 is 0 Å². The molecule has 1 aromatic heterocycles. The first-order valence-electron chi connectivity index (χ1n) is 7.02. The second kappa shape index (κ2) is 6.50. The fourth-order valence-corrected chi connectivity index (χ4v) is 2.76. The molecule has 1 unspecified atom stereocenters. The molecule has 0 spiro atoms. The Morgan fingerprint density at radius 1 is 1.58 bits per heavy atom. The van der Waals surface area contributed by atoms with Crippen LogP contribution in [-0.4, -0.2) is 54.6 Å². The highest BCUT2D eigenvalue weighted by Gasteiger charge is 2.30. The summed E-state index contributed by atoms with van der Waals surface area (Å²) in [6.45, 7) is 8.42. The maximum absolute atomic E-state index is 5.24. The molecule has 5 nitrogen and oxygen atoms in total. The van der Waals surface area contributed by atoms with E-state index >= 15 is 0 Å². The zero-order valence-electron chi connectivity index (χ0n) is 12.4. The fraction of sp³-hybridized carbons (Fsp3) is 0.786. The van der Waals surface area contributed by atoms with Gasteiger partial charge in [0, 0.05) is 46.5 Å². The van der Waals surface area contributed by atoms with Crippen LogP contribution in [0.1, 0.15) is 19.0 Å². The van der Waals surface area contributed by atoms with Gasteiger partial charge in [0.15, 0.2) is 0 Å². The molecule has 0 aliphatic carbocycles. The summed E-state index contributed by atoms with van der Waals surface area (Å²) >= 11 is 0. The lowest BCUT2D eigenvalue weighted by Gasteiger charge is -2.31. The van der Waals surface area contributed by atoms with Crippen LogP contribution in [0, 0.1) is 5.41 Å². The summed E-state index contributed by atoms with van der Waals surface area (Å²) in [6.07, 6.45) is 3.12. The van der Waals surface area contributed by atoms with Crippen molar-refractivity contribution in [2.24, 2.45) is 12.5 Å². The largest absolute Gasteiger partial charge is 0.383 e. The molecule has 1 N–H and O–H groups in total. The van der Waals surface area contributed by atoms with Crippen molar-refractivity contribution < 1.29 is 4.74 Å². The number of hydrogen-bond donors (Lipinski definition) is 1. The van der Waals surface area contributed by atoms with Gasteiger partial charge in [-0.25, -0.2) is 0 Å². The highest BCUT2D eigenvalue weighted by molar-refractivity contribution is 5.00. The maximum atomic E-state index is 5.24. The number of rotatable bonds is 7. The molecule has 0 radical (unpaired) electrons. The van der Waals surface area contributed by atoms with Crippen LogP contribution in [0.5, 0.6) is 0 Å². The second-order valence-electron chi connectivity index (χ2n) is 5.89. The van der Waals surface area contributed by atoms with Gasteiger partial charge in [-0.15, -0.1) is 0 Å². The smallest absolute Gasteiger partial charge is 0.0589 e. The molecule has 108 valence electrons. The van der Waals surface area contributed by atoms with E-state index in [2.05, 4.69) is 28.3 Å². The number of nitrogens with zero attached hydrogens (tertiary/aromatic N) is 3. The van der Waals surface area contributed by atoms with Gasteiger partial charge in [0.25, 0.3) is 0 Å². The van der Waals surface area contributed by atoms with Gasteiger partial charge in [-0.1, -0.05) is 6.92 Å². The summed E-state index contributed by atoms with van der Waals surface area (Å²) in [4.78, 5) is 2.48. The number of nitrogens with one attached hydrogen (secondary N) is 1. The standard InChI is InChI=1S/C14H26N4O/c1-14(5-7-15-11-14)12-18(8-9-19-3)10-13-4-6-16-17(13)2/h4,6,15H,5,7-12H2,1-3H3. The minimum atomic E-state index is 0.381. The molecule has 1 aliphatic heterocycles. The third-order valence-corrected chi connectivity index (χ3v) is 3.98. The monoisotopic (exact) mass is 266 g/mol. The Morgan fingerprint density at radius 3 is 3.00 bits per heavy atom. The maximum Gasteiger partial charge on any atom is 0.0589 e. The molecule has 0 aromatic carbocycles. The fourth-order valence-electron chi connectivity index (χ4n) is 2.76. The molecule has 1 aromatic rings. The number of aromatic nitrogens is 2. The Kier molecular flexibility index (Phi) is 4.96. The Hall–Kier alpha value is -0.910. The van der Waals surface area contributed by atoms with Gasteiger partial charge in [-0.3, -0.25) is 9.58 Å². The molecule has 19 heavy (non-hydrogen) atoms. The minimum absolute atomic E-state index is 0.381. The van der Waals surface area contributed by atoms with E-state index in [4.69, 9.17) is 4.74 Å². The molecule has 1 atom stereocenters. The predicted octanol–water partition coefficient (Wildman–Crippen LogP) is 0.868. The van der Waals surface area contributed by atoms with Crippen LogP contribution in [0.3, 0.4) is 0 Å². The lowest BCUT2D eigenvalue weighted by atomic mass is 9.89. The van der Waals surface area contributed by atoms with Crippen molar-refractivity contribution >= 4 is 0 Å². The van der Waals surface area contributed by atoms with E-state index in [1.54, 1.807) is 7.11 Å². The van der Waals surface area contributed by atoms with Crippen LogP contribution < -0.4 is 5.32 Å². The summed E-state index contributed by atoms with van der Waals surface area (Å²) < 4.78 is 7.19. The van der Waals surface area contributed by atoms with E-state index in [9.17, 15) is 0 Å². The number of aryl methyl sites for hydroxylation is 1. The molecule has 1 saturated heterocycles. The average Bonchev–Trinajstić information content (AvgIpc) is 2.97. The van der Waals surface area contributed by atoms with E-state index in [0.29, 0.717) is 5.41 Å². The first kappa shape index (κ1) is 14.5. The van der Waals surface area contributed by atoms with Gasteiger partial charge in [0.05, 0.1) is 12.3 Å². The number of methoxy groups -OCH3 is 1. The summed E-state index contributed by atoms with van der Waals surface area (Å²) in [5.41, 5.74) is 1.64. The van der Waals surface area contributed by atoms with E-state index in [1.165, 1.54) is 12.1 Å². The van der Waals surface area contributed by atoms with E-state index in [1.807, 2.05) is 17.9 Å². The van der Waals surface area contributed by atoms with Crippen molar-refractivity contribution in [3.05, 3.63) is 18.0 Å². The first-order valence-corrected chi connectivity index (χ1v) is 7.02. The summed E-state index contributed by atoms with van der Waals surface area (Å²) in [5.74, 6) is 0. The Labute approximate surface area is 115 Å². The zero-order valence-corrected chi connectivity index (χ0v) is 12.4. The third kappa shape index (κ3) is 4.03. The van der Waals surface area contributed by atoms with E-state index in [-0.39, 0.29) is 0 Å². The molecule has 0 amide bonds. The molecular formula is C14H26N4O. The van der Waals surface area contributed by atoms with Gasteiger partial charge in [0.1, 0.15) is 0 Å². The van der Waals surface area contributed by atoms with Crippen molar-refractivity contribution in [1.82, 2.24) is 20.0 Å². The third-order valence-electron chi connectivity index (χ3n) is 3.98. The van der Waals surface area contributed by atoms with Crippen molar-refractivity contribution in [3.8, 4) is 0 Å². The SMILES string of the molecule is COCCN(Cc1ccnn1C)CC1(C)CCNC1. The van der Waals surface area contributed by atoms with Crippen LogP contribution in [0.15, 0.2) is 12.3 Å². The minimum Gasteiger partial charge on any atom is -0.383 e. The quantitative estimate of drug-likeness (QED) is 0.795. The zero-order chi connectivity index (χ0) is 13.7. The van der Waals surface area contributed by atoms with Crippen molar-refractivity contribution in [2.45, 2.75) is 19.9 Å². The molecule has 1 aliphatic rings. The summed E-state index contributed by atoms with van der Waals surface area (Å²) in [5, 5.41) is 7.71. The molecular weight excluding hydrogens is 240 g/mol. The molecule has 2 rings (SSSR count). The van der Waals surface area contributed by atoms with Crippen LogP contribution in [-0.2, 0) is 18.3 Å². The van der Waals surface area contributed by atoms with E-state index in [0.717, 1.165) is 39.3 Å². The lowest BCUT2D eigenvalue weighted by Crippen LogP contribution is -2.39. The van der Waals surface area contributed by atoms with Crippen LogP contribution in [0.25, 0.3) is 0 Å². The van der Waals surface area contributed by atoms with Crippen molar-refractivity contribution in [2.75, 3.05) is 39.9 Å². The Morgan fingerprint density at radius 2 is 2.42 bits per heavy atom. The normalized spacial score (nSPS) is 23.4. The molecule has 2 heterocycles. The van der Waals surface area contributed by atoms with Crippen LogP contribution in [0.4, 0.5) is 0 Å². The molecule has 5 heteroatoms. The Balaban J connectivity index is 1.97. The predicted molar refractivity (Wildman–Crippen MR) is 76.0 cm³/mol. The number of hydrogen-bond acceptors (Lipinski definition) is 4. The molecule has 1 fully saturated rings. The summed E-state index contributed by atoms with van der Waals surface area (Å²) in [7, 11) is 3.77. The molecule has 0 saturated carbocycles. The Bertz CT molecular complexity index is 385. The number of ether oxygens (including phenoxy) is 1. The van der Waals surface area contributed by atoms with Crippen molar-refractivity contribution in [1.29, 1.82) is 0 Å². The second-order valence-corrected chi connectivity index (χ2v) is 5.89. The van der Waals surface area contributed by atoms with E-state index < -0.39 is 0 Å². The topological polar surface area (TPSA) is 42.3 Å². The van der Waals surface area contributed by atoms with Crippen LogP contribution in [0.2, 0.25) is 0 Å². The first-order chi connectivity index (χ1) is 9.13. The molecule has 0 bridgehead atoms. The summed E-state index contributed by atoms with van der Waals surface area (Å²) in [6, 6.07) is 2.09. The van der Waals surface area contributed by atoms with Gasteiger partial charge in [-0.05, 0) is 24.4 Å². The average molecular weight is 266 g/mol. The van der Waals surface area contributed by atoms with Gasteiger partial charge in [0.2, 0.25) is 0 Å². The van der Waals surface area contributed by atoms with Crippen molar-refractivity contribution in [3.63, 3.8) is 0 Å². The van der Waals surface area contributed by atoms with Gasteiger partial charge >= 0.3 is 0 Å². The van der Waals surface area contributed by atoms with Gasteiger partial charge in [-0.2, -0.15) is 5.10 Å². The van der Waals surface area contributed by atoms with Gasteiger partial charge < -0.3 is 10.1 Å². The highest BCUT2D eigenvalue weighted by Crippen LogP contribution is 2.26. The lowest BCUT2D eigenvalue weighted by molar-refractivity contribution is 0.111.